The molecule has 3 atom stereocenters. The summed E-state index contributed by atoms with van der Waals surface area (Å²) >= 11 is 0. The third-order valence-electron chi connectivity index (χ3n) is 4.25. The second-order valence-electron chi connectivity index (χ2n) is 6.20. The fraction of sp³-hybridized carbons (Fsp3) is 0.250. The summed E-state index contributed by atoms with van der Waals surface area (Å²) in [4.78, 5) is 39.2. The van der Waals surface area contributed by atoms with Crippen LogP contribution in [0.1, 0.15) is 27.1 Å². The lowest BCUT2D eigenvalue weighted by atomic mass is 9.99. The molecule has 0 N–H and O–H groups in total. The predicted octanol–water partition coefficient (Wildman–Crippen LogP) is 3.06. The van der Waals surface area contributed by atoms with Gasteiger partial charge in [-0.15, -0.1) is 0 Å². The van der Waals surface area contributed by atoms with E-state index in [2.05, 4.69) is 10.0 Å². The minimum absolute atomic E-state index is 0.272. The van der Waals surface area contributed by atoms with Crippen molar-refractivity contribution in [1.82, 2.24) is 0 Å². The van der Waals surface area contributed by atoms with Crippen molar-refractivity contribution in [2.45, 2.75) is 24.7 Å². The van der Waals surface area contributed by atoms with E-state index in [1.54, 1.807) is 60.7 Å². The highest BCUT2D eigenvalue weighted by Gasteiger charge is 2.41. The lowest BCUT2D eigenvalue weighted by molar-refractivity contribution is -0.165. The third kappa shape index (κ3) is 5.12. The summed E-state index contributed by atoms with van der Waals surface area (Å²) in [6, 6.07) is 15.4. The molecule has 0 spiro atoms. The molecule has 0 amide bonds. The number of ether oxygens (including phenoxy) is 3. The molecule has 9 heteroatoms. The van der Waals surface area contributed by atoms with Gasteiger partial charge in [0.2, 0.25) is 0 Å². The van der Waals surface area contributed by atoms with E-state index in [-0.39, 0.29) is 18.6 Å². The number of rotatable bonds is 6. The lowest BCUT2D eigenvalue weighted by Gasteiger charge is -2.33. The van der Waals surface area contributed by atoms with E-state index < -0.39 is 36.2 Å². The van der Waals surface area contributed by atoms with E-state index in [9.17, 15) is 14.4 Å². The molecule has 29 heavy (non-hydrogen) atoms. The SMILES string of the molecule is [N-]=[N+]=N[C@@H]1[C@@H](COC(=O)c2ccccc2)OC(=O)C[C@H]1OC(=O)c1ccccc1. The molecular formula is C20H17N3O6. The van der Waals surface area contributed by atoms with Gasteiger partial charge in [0.15, 0.2) is 0 Å². The zero-order chi connectivity index (χ0) is 20.6. The molecule has 0 aliphatic carbocycles. The molecule has 9 nitrogen and oxygen atoms in total. The Morgan fingerprint density at radius 1 is 1.03 bits per heavy atom. The second kappa shape index (κ2) is 9.38. The summed E-state index contributed by atoms with van der Waals surface area (Å²) in [5.41, 5.74) is 9.51. The van der Waals surface area contributed by atoms with Gasteiger partial charge in [-0.05, 0) is 29.8 Å². The van der Waals surface area contributed by atoms with Gasteiger partial charge in [-0.25, -0.2) is 9.59 Å². The fourth-order valence-corrected chi connectivity index (χ4v) is 2.86. The Balaban J connectivity index is 1.71. The van der Waals surface area contributed by atoms with Crippen LogP contribution in [0, 0.1) is 0 Å². The van der Waals surface area contributed by atoms with Gasteiger partial charge in [0.05, 0.1) is 17.5 Å². The molecule has 2 aromatic carbocycles. The number of carbonyl (C=O) groups is 3. The Labute approximate surface area is 165 Å². The van der Waals surface area contributed by atoms with Crippen LogP contribution in [-0.2, 0) is 19.0 Å². The van der Waals surface area contributed by atoms with Gasteiger partial charge in [-0.2, -0.15) is 0 Å². The summed E-state index contributed by atoms with van der Waals surface area (Å²) in [7, 11) is 0. The van der Waals surface area contributed by atoms with Gasteiger partial charge < -0.3 is 14.2 Å². The summed E-state index contributed by atoms with van der Waals surface area (Å²) in [5.74, 6) is -1.94. The number of carbonyl (C=O) groups excluding carboxylic acids is 3. The van der Waals surface area contributed by atoms with Crippen LogP contribution in [-0.4, -0.2) is 42.8 Å². The van der Waals surface area contributed by atoms with Crippen LogP contribution in [0.25, 0.3) is 10.4 Å². The molecule has 1 saturated heterocycles. The number of hydrogen-bond donors (Lipinski definition) is 0. The van der Waals surface area contributed by atoms with E-state index in [1.807, 2.05) is 0 Å². The monoisotopic (exact) mass is 395 g/mol. The fourth-order valence-electron chi connectivity index (χ4n) is 2.86. The molecule has 0 bridgehead atoms. The Kier molecular flexibility index (Phi) is 6.44. The number of esters is 3. The van der Waals surface area contributed by atoms with Crippen molar-refractivity contribution >= 4 is 17.9 Å². The van der Waals surface area contributed by atoms with E-state index in [4.69, 9.17) is 19.7 Å². The van der Waals surface area contributed by atoms with Crippen LogP contribution in [0.5, 0.6) is 0 Å². The number of hydrogen-bond acceptors (Lipinski definition) is 7. The first-order valence-electron chi connectivity index (χ1n) is 8.80. The van der Waals surface area contributed by atoms with Gasteiger partial charge in [-0.1, -0.05) is 41.5 Å². The van der Waals surface area contributed by atoms with Crippen LogP contribution < -0.4 is 0 Å². The van der Waals surface area contributed by atoms with E-state index in [0.29, 0.717) is 5.56 Å². The molecule has 0 aromatic heterocycles. The minimum Gasteiger partial charge on any atom is -0.458 e. The zero-order valence-electron chi connectivity index (χ0n) is 15.2. The smallest absolute Gasteiger partial charge is 0.338 e. The molecule has 2 aromatic rings. The highest BCUT2D eigenvalue weighted by atomic mass is 16.6. The van der Waals surface area contributed by atoms with Crippen LogP contribution in [0.4, 0.5) is 0 Å². The first-order valence-corrected chi connectivity index (χ1v) is 8.80. The molecule has 0 saturated carbocycles. The highest BCUT2D eigenvalue weighted by Crippen LogP contribution is 2.24. The maximum atomic E-state index is 12.3. The Bertz CT molecular complexity index is 928. The Hall–Kier alpha value is -3.84. The van der Waals surface area contributed by atoms with Gasteiger partial charge in [0.25, 0.3) is 0 Å². The van der Waals surface area contributed by atoms with Crippen molar-refractivity contribution in [3.05, 3.63) is 82.2 Å². The quantitative estimate of drug-likeness (QED) is 0.243. The van der Waals surface area contributed by atoms with Crippen molar-refractivity contribution in [2.24, 2.45) is 5.11 Å². The van der Waals surface area contributed by atoms with E-state index in [1.165, 1.54) is 0 Å². The molecule has 0 unspecified atom stereocenters. The summed E-state index contributed by atoms with van der Waals surface area (Å²) < 4.78 is 15.8. The molecule has 1 aliphatic rings. The second-order valence-corrected chi connectivity index (χ2v) is 6.20. The molecule has 0 radical (unpaired) electrons. The largest absolute Gasteiger partial charge is 0.458 e. The Morgan fingerprint density at radius 2 is 1.62 bits per heavy atom. The van der Waals surface area contributed by atoms with Crippen LogP contribution in [0.2, 0.25) is 0 Å². The first-order chi connectivity index (χ1) is 14.1. The van der Waals surface area contributed by atoms with Crippen molar-refractivity contribution in [2.75, 3.05) is 6.61 Å². The molecule has 1 heterocycles. The number of azide groups is 1. The van der Waals surface area contributed by atoms with E-state index >= 15 is 0 Å². The van der Waals surface area contributed by atoms with Crippen molar-refractivity contribution in [1.29, 1.82) is 0 Å². The molecular weight excluding hydrogens is 378 g/mol. The predicted molar refractivity (Wildman–Crippen MR) is 99.8 cm³/mol. The topological polar surface area (TPSA) is 128 Å². The van der Waals surface area contributed by atoms with E-state index in [0.717, 1.165) is 0 Å². The zero-order valence-corrected chi connectivity index (χ0v) is 15.2. The Morgan fingerprint density at radius 3 is 2.21 bits per heavy atom. The summed E-state index contributed by atoms with van der Waals surface area (Å²) in [5, 5.41) is 3.61. The minimum atomic E-state index is -1.08. The van der Waals surface area contributed by atoms with Crippen molar-refractivity contribution in [3.8, 4) is 0 Å². The number of benzene rings is 2. The average Bonchev–Trinajstić information content (AvgIpc) is 2.75. The highest BCUT2D eigenvalue weighted by molar-refractivity contribution is 5.90. The maximum Gasteiger partial charge on any atom is 0.338 e. The summed E-state index contributed by atoms with van der Waals surface area (Å²) in [6.45, 7) is -0.345. The average molecular weight is 395 g/mol. The first kappa shape index (κ1) is 19.9. The van der Waals surface area contributed by atoms with Gasteiger partial charge in [-0.3, -0.25) is 4.79 Å². The van der Waals surface area contributed by atoms with Crippen molar-refractivity contribution in [3.63, 3.8) is 0 Å². The van der Waals surface area contributed by atoms with Crippen LogP contribution >= 0.6 is 0 Å². The standard InChI is InChI=1S/C20H17N3O6/c21-23-22-18-15(29-20(26)14-9-5-2-6-10-14)11-17(24)28-16(18)12-27-19(25)13-7-3-1-4-8-13/h1-10,15-16,18H,11-12H2/t15-,16-,18+/m1/s1. The molecule has 1 aliphatic heterocycles. The van der Waals surface area contributed by atoms with Gasteiger partial charge >= 0.3 is 17.9 Å². The molecule has 3 rings (SSSR count). The molecule has 1 fully saturated rings. The van der Waals surface area contributed by atoms with Gasteiger partial charge in [0.1, 0.15) is 24.9 Å². The maximum absolute atomic E-state index is 12.3. The number of cyclic esters (lactones) is 1. The normalized spacial score (nSPS) is 20.7. The van der Waals surface area contributed by atoms with Crippen molar-refractivity contribution < 1.29 is 28.6 Å². The van der Waals surface area contributed by atoms with Gasteiger partial charge in [0, 0.05) is 4.91 Å². The third-order valence-corrected chi connectivity index (χ3v) is 4.25. The van der Waals surface area contributed by atoms with Crippen LogP contribution in [0.3, 0.4) is 0 Å². The number of nitrogens with zero attached hydrogens (tertiary/aromatic N) is 3. The van der Waals surface area contributed by atoms with Crippen LogP contribution in [0.15, 0.2) is 65.8 Å². The summed E-state index contributed by atoms with van der Waals surface area (Å²) in [6.07, 6.45) is -2.39. The molecule has 148 valence electrons. The lowest BCUT2D eigenvalue weighted by Crippen LogP contribution is -2.49.